The first kappa shape index (κ1) is 24.2. The zero-order valence-corrected chi connectivity index (χ0v) is 19.1. The van der Waals surface area contributed by atoms with Crippen LogP contribution in [0.1, 0.15) is 39.2 Å². The molecule has 2 amide bonds. The van der Waals surface area contributed by atoms with Crippen molar-refractivity contribution in [3.05, 3.63) is 64.9 Å². The number of amides is 2. The fourth-order valence-electron chi connectivity index (χ4n) is 2.79. The highest BCUT2D eigenvalue weighted by Gasteiger charge is 2.27. The number of carbonyl (C=O) groups is 2. The Morgan fingerprint density at radius 2 is 1.80 bits per heavy atom. The van der Waals surface area contributed by atoms with Crippen molar-refractivity contribution in [3.63, 3.8) is 0 Å². The van der Waals surface area contributed by atoms with Gasteiger partial charge in [0.1, 0.15) is 11.9 Å². The van der Waals surface area contributed by atoms with Crippen molar-refractivity contribution in [2.24, 2.45) is 0 Å². The van der Waals surface area contributed by atoms with Crippen molar-refractivity contribution < 1.29 is 14.0 Å². The Kier molecular flexibility index (Phi) is 9.66. The highest BCUT2D eigenvalue weighted by atomic mass is 35.5. The van der Waals surface area contributed by atoms with Gasteiger partial charge in [-0.05, 0) is 50.6 Å². The first-order valence-corrected chi connectivity index (χ1v) is 11.4. The smallest absolute Gasteiger partial charge is 0.242 e. The minimum absolute atomic E-state index is 0.00539. The Morgan fingerprint density at radius 3 is 2.43 bits per heavy atom. The van der Waals surface area contributed by atoms with Gasteiger partial charge in [-0.15, -0.1) is 11.8 Å². The third kappa shape index (κ3) is 7.33. The fraction of sp³-hybridized carbons (Fsp3) is 0.391. The Hall–Kier alpha value is -2.05. The second-order valence-electron chi connectivity index (χ2n) is 7.16. The van der Waals surface area contributed by atoms with Crippen LogP contribution in [-0.2, 0) is 16.1 Å². The van der Waals surface area contributed by atoms with E-state index < -0.39 is 6.04 Å². The summed E-state index contributed by atoms with van der Waals surface area (Å²) in [5.74, 6) is -0.264. The van der Waals surface area contributed by atoms with Gasteiger partial charge in [0.15, 0.2) is 0 Å². The molecular formula is C23H28ClFN2O2S. The lowest BCUT2D eigenvalue weighted by Crippen LogP contribution is -2.49. The van der Waals surface area contributed by atoms with Crippen LogP contribution in [-0.4, -0.2) is 34.6 Å². The summed E-state index contributed by atoms with van der Waals surface area (Å²) >= 11 is 7.44. The first-order valence-electron chi connectivity index (χ1n) is 10.0. The number of rotatable bonds is 10. The van der Waals surface area contributed by atoms with Crippen LogP contribution in [0.2, 0.25) is 5.02 Å². The van der Waals surface area contributed by atoms with Crippen molar-refractivity contribution in [3.8, 4) is 0 Å². The van der Waals surface area contributed by atoms with Crippen LogP contribution in [0.5, 0.6) is 0 Å². The van der Waals surface area contributed by atoms with E-state index in [0.717, 1.165) is 11.3 Å². The van der Waals surface area contributed by atoms with E-state index in [-0.39, 0.29) is 36.6 Å². The molecule has 0 fully saturated rings. The number of benzene rings is 2. The Balaban J connectivity index is 2.08. The van der Waals surface area contributed by atoms with Gasteiger partial charge in [-0.25, -0.2) is 4.39 Å². The van der Waals surface area contributed by atoms with Crippen LogP contribution in [0.3, 0.4) is 0 Å². The molecule has 2 aromatic carbocycles. The number of nitrogens with one attached hydrogen (secondary N) is 1. The minimum Gasteiger partial charge on any atom is -0.352 e. The van der Waals surface area contributed by atoms with Gasteiger partial charge < -0.3 is 10.2 Å². The van der Waals surface area contributed by atoms with E-state index in [1.54, 1.807) is 37.3 Å². The van der Waals surface area contributed by atoms with Crippen LogP contribution < -0.4 is 5.32 Å². The second kappa shape index (κ2) is 12.0. The Bertz CT molecular complexity index is 847. The van der Waals surface area contributed by atoms with Gasteiger partial charge in [0.05, 0.1) is 0 Å². The van der Waals surface area contributed by atoms with Crippen LogP contribution in [0.15, 0.2) is 53.4 Å². The summed E-state index contributed by atoms with van der Waals surface area (Å²) < 4.78 is 14.2. The van der Waals surface area contributed by atoms with Crippen molar-refractivity contribution in [2.45, 2.75) is 57.1 Å². The van der Waals surface area contributed by atoms with Crippen LogP contribution in [0, 0.1) is 5.82 Å². The second-order valence-corrected chi connectivity index (χ2v) is 8.76. The zero-order valence-electron chi connectivity index (χ0n) is 17.5. The molecule has 0 aromatic heterocycles. The maximum Gasteiger partial charge on any atom is 0.242 e. The third-order valence-electron chi connectivity index (χ3n) is 4.87. The summed E-state index contributed by atoms with van der Waals surface area (Å²) in [6, 6.07) is 13.0. The van der Waals surface area contributed by atoms with E-state index in [9.17, 15) is 14.0 Å². The topological polar surface area (TPSA) is 49.4 Å². The predicted octanol–water partition coefficient (Wildman–Crippen LogP) is 5.29. The van der Waals surface area contributed by atoms with Gasteiger partial charge in [-0.3, -0.25) is 9.59 Å². The molecule has 0 heterocycles. The lowest BCUT2D eigenvalue weighted by molar-refractivity contribution is -0.140. The molecule has 4 nitrogen and oxygen atoms in total. The number of halogens is 2. The minimum atomic E-state index is -0.702. The first-order chi connectivity index (χ1) is 14.3. The maximum absolute atomic E-state index is 14.2. The van der Waals surface area contributed by atoms with Crippen molar-refractivity contribution in [1.29, 1.82) is 0 Å². The predicted molar refractivity (Wildman–Crippen MR) is 121 cm³/mol. The molecule has 2 atom stereocenters. The lowest BCUT2D eigenvalue weighted by Gasteiger charge is -2.30. The summed E-state index contributed by atoms with van der Waals surface area (Å²) in [6.45, 7) is 5.62. The lowest BCUT2D eigenvalue weighted by atomic mass is 10.1. The highest BCUT2D eigenvalue weighted by molar-refractivity contribution is 7.99. The molecule has 0 radical (unpaired) electrons. The van der Waals surface area contributed by atoms with E-state index in [0.29, 0.717) is 16.3 Å². The van der Waals surface area contributed by atoms with E-state index in [1.807, 2.05) is 26.0 Å². The van der Waals surface area contributed by atoms with Crippen molar-refractivity contribution in [2.75, 3.05) is 5.75 Å². The molecule has 0 aliphatic heterocycles. The van der Waals surface area contributed by atoms with Gasteiger partial charge >= 0.3 is 0 Å². The molecule has 2 unspecified atom stereocenters. The van der Waals surface area contributed by atoms with Gasteiger partial charge in [0, 0.05) is 40.2 Å². The molecule has 0 saturated heterocycles. The fourth-order valence-corrected chi connectivity index (χ4v) is 3.76. The summed E-state index contributed by atoms with van der Waals surface area (Å²) in [6.07, 6.45) is 1.03. The van der Waals surface area contributed by atoms with Crippen LogP contribution in [0.25, 0.3) is 0 Å². The van der Waals surface area contributed by atoms with Crippen LogP contribution >= 0.6 is 23.4 Å². The number of carbonyl (C=O) groups excluding carboxylic acids is 2. The molecule has 0 bridgehead atoms. The van der Waals surface area contributed by atoms with Gasteiger partial charge in [-0.2, -0.15) is 0 Å². The molecule has 0 spiro atoms. The standard InChI is InChI=1S/C23H28ClFN2O2S/c1-4-16(2)26-23(29)17(3)27(15-18-7-5-6-8-21(18)25)22(28)13-14-30-20-11-9-19(24)10-12-20/h5-12,16-17H,4,13-15H2,1-3H3,(H,26,29). The molecule has 2 rings (SSSR count). The van der Waals surface area contributed by atoms with Gasteiger partial charge in [-0.1, -0.05) is 36.7 Å². The number of hydrogen-bond acceptors (Lipinski definition) is 3. The monoisotopic (exact) mass is 450 g/mol. The van der Waals surface area contributed by atoms with Gasteiger partial charge in [0.2, 0.25) is 11.8 Å². The van der Waals surface area contributed by atoms with E-state index in [1.165, 1.54) is 22.7 Å². The molecule has 7 heteroatoms. The van der Waals surface area contributed by atoms with E-state index in [4.69, 9.17) is 11.6 Å². The summed E-state index contributed by atoms with van der Waals surface area (Å²) in [7, 11) is 0. The molecule has 1 N–H and O–H groups in total. The molecule has 30 heavy (non-hydrogen) atoms. The number of hydrogen-bond donors (Lipinski definition) is 1. The molecule has 162 valence electrons. The molecule has 2 aromatic rings. The average molecular weight is 451 g/mol. The Morgan fingerprint density at radius 1 is 1.13 bits per heavy atom. The SMILES string of the molecule is CCC(C)NC(=O)C(C)N(Cc1ccccc1F)C(=O)CCSc1ccc(Cl)cc1. The molecule has 0 aliphatic carbocycles. The van der Waals surface area contributed by atoms with E-state index >= 15 is 0 Å². The number of thioether (sulfide) groups is 1. The molecular weight excluding hydrogens is 423 g/mol. The summed E-state index contributed by atoms with van der Waals surface area (Å²) in [5, 5.41) is 3.57. The highest BCUT2D eigenvalue weighted by Crippen LogP contribution is 2.22. The van der Waals surface area contributed by atoms with Crippen molar-refractivity contribution in [1.82, 2.24) is 10.2 Å². The quantitative estimate of drug-likeness (QED) is 0.500. The van der Waals surface area contributed by atoms with Crippen molar-refractivity contribution >= 4 is 35.2 Å². The molecule has 0 saturated carbocycles. The Labute approximate surface area is 187 Å². The number of nitrogens with zero attached hydrogens (tertiary/aromatic N) is 1. The third-order valence-corrected chi connectivity index (χ3v) is 6.13. The molecule has 0 aliphatic rings. The van der Waals surface area contributed by atoms with Crippen LogP contribution in [0.4, 0.5) is 4.39 Å². The maximum atomic E-state index is 14.2. The summed E-state index contributed by atoms with van der Waals surface area (Å²) in [4.78, 5) is 28.1. The average Bonchev–Trinajstić information content (AvgIpc) is 2.73. The zero-order chi connectivity index (χ0) is 22.1. The normalized spacial score (nSPS) is 12.8. The summed E-state index contributed by atoms with van der Waals surface area (Å²) in [5.41, 5.74) is 0.388. The van der Waals surface area contributed by atoms with Gasteiger partial charge in [0.25, 0.3) is 0 Å². The van der Waals surface area contributed by atoms with E-state index in [2.05, 4.69) is 5.32 Å². The largest absolute Gasteiger partial charge is 0.352 e.